The van der Waals surface area contributed by atoms with Crippen molar-refractivity contribution in [3.8, 4) is 0 Å². The summed E-state index contributed by atoms with van der Waals surface area (Å²) >= 11 is 0. The Balaban J connectivity index is 0.00000220. The van der Waals surface area contributed by atoms with Gasteiger partial charge < -0.3 is 11.3 Å². The number of rotatable bonds is 3. The molecule has 2 rings (SSSR count). The summed E-state index contributed by atoms with van der Waals surface area (Å²) in [6.45, 7) is 0. The normalized spacial score (nSPS) is 9.33. The molecule has 0 unspecified atom stereocenters. The first kappa shape index (κ1) is 17.1. The summed E-state index contributed by atoms with van der Waals surface area (Å²) in [6, 6.07) is 13.5. The SMILES string of the molecule is O=C(OC(=O)c1ccccc1C(=O)O)c1ccccc1.[H-].[Na+]. The van der Waals surface area contributed by atoms with E-state index in [-0.39, 0.29) is 47.7 Å². The standard InChI is InChI=1S/C15H10O5.Na.H/c16-13(17)11-8-4-5-9-12(11)15(19)20-14(18)10-6-2-1-3-7-10;;/h1-9H,(H,16,17);;/q;+1;-1. The van der Waals surface area contributed by atoms with Crippen LogP contribution in [0.2, 0.25) is 0 Å². The van der Waals surface area contributed by atoms with Crippen LogP contribution < -0.4 is 29.6 Å². The smallest absolute Gasteiger partial charge is 1.00 e. The zero-order chi connectivity index (χ0) is 14.5. The van der Waals surface area contributed by atoms with Crippen molar-refractivity contribution < 1.29 is 55.2 Å². The fourth-order valence-electron chi connectivity index (χ4n) is 1.62. The third-order valence-corrected chi connectivity index (χ3v) is 2.57. The monoisotopic (exact) mass is 294 g/mol. The molecule has 0 aliphatic rings. The van der Waals surface area contributed by atoms with Gasteiger partial charge >= 0.3 is 47.5 Å². The molecule has 1 N–H and O–H groups in total. The van der Waals surface area contributed by atoms with Crippen molar-refractivity contribution >= 4 is 17.9 Å². The molecule has 0 aliphatic carbocycles. The van der Waals surface area contributed by atoms with Crippen LogP contribution in [0.4, 0.5) is 0 Å². The fourth-order valence-corrected chi connectivity index (χ4v) is 1.62. The number of benzene rings is 2. The molecule has 2 aromatic carbocycles. The summed E-state index contributed by atoms with van der Waals surface area (Å²) in [5, 5.41) is 8.97. The summed E-state index contributed by atoms with van der Waals surface area (Å²) in [4.78, 5) is 34.6. The Bertz CT molecular complexity index is 673. The largest absolute Gasteiger partial charge is 1.00 e. The topological polar surface area (TPSA) is 80.7 Å². The molecule has 0 radical (unpaired) electrons. The van der Waals surface area contributed by atoms with Crippen LogP contribution >= 0.6 is 0 Å². The minimum absolute atomic E-state index is 0. The molecule has 2 aromatic rings. The second kappa shape index (κ2) is 7.73. The van der Waals surface area contributed by atoms with Crippen LogP contribution in [0.15, 0.2) is 54.6 Å². The maximum atomic E-state index is 11.8. The molecular weight excluding hydrogens is 283 g/mol. The summed E-state index contributed by atoms with van der Waals surface area (Å²) < 4.78 is 4.67. The van der Waals surface area contributed by atoms with Gasteiger partial charge in [-0.05, 0) is 24.3 Å². The molecule has 0 atom stereocenters. The third kappa shape index (κ3) is 4.26. The van der Waals surface area contributed by atoms with E-state index in [4.69, 9.17) is 5.11 Å². The number of ether oxygens (including phenoxy) is 1. The van der Waals surface area contributed by atoms with Gasteiger partial charge in [0.15, 0.2) is 0 Å². The molecule has 0 saturated carbocycles. The number of aromatic carboxylic acids is 1. The van der Waals surface area contributed by atoms with E-state index in [1.54, 1.807) is 18.2 Å². The first-order valence-electron chi connectivity index (χ1n) is 5.73. The maximum absolute atomic E-state index is 11.8. The first-order chi connectivity index (χ1) is 9.59. The van der Waals surface area contributed by atoms with Crippen molar-refractivity contribution in [1.82, 2.24) is 0 Å². The van der Waals surface area contributed by atoms with Gasteiger partial charge in [0.1, 0.15) is 0 Å². The first-order valence-corrected chi connectivity index (χ1v) is 5.73. The van der Waals surface area contributed by atoms with Crippen molar-refractivity contribution in [2.45, 2.75) is 0 Å². The zero-order valence-electron chi connectivity index (χ0n) is 12.3. The predicted molar refractivity (Wildman–Crippen MR) is 70.7 cm³/mol. The van der Waals surface area contributed by atoms with Crippen LogP contribution in [0.1, 0.15) is 32.5 Å². The van der Waals surface area contributed by atoms with Gasteiger partial charge in [0.25, 0.3) is 0 Å². The van der Waals surface area contributed by atoms with Gasteiger partial charge in [0.05, 0.1) is 16.7 Å². The second-order valence-corrected chi connectivity index (χ2v) is 3.89. The van der Waals surface area contributed by atoms with Crippen LogP contribution in [0.3, 0.4) is 0 Å². The molecule has 0 fully saturated rings. The van der Waals surface area contributed by atoms with E-state index in [0.717, 1.165) is 0 Å². The Morgan fingerprint density at radius 2 is 1.33 bits per heavy atom. The number of hydrogen-bond donors (Lipinski definition) is 1. The van der Waals surface area contributed by atoms with Gasteiger partial charge in [-0.25, -0.2) is 14.4 Å². The quantitative estimate of drug-likeness (QED) is 0.469. The molecule has 0 amide bonds. The Labute approximate surface area is 144 Å². The summed E-state index contributed by atoms with van der Waals surface area (Å²) in [5.74, 6) is -3.07. The zero-order valence-corrected chi connectivity index (χ0v) is 13.3. The van der Waals surface area contributed by atoms with E-state index in [1.807, 2.05) is 0 Å². The van der Waals surface area contributed by atoms with Gasteiger partial charge in [-0.3, -0.25) is 0 Å². The van der Waals surface area contributed by atoms with Crippen molar-refractivity contribution in [2.75, 3.05) is 0 Å². The molecule has 5 nitrogen and oxygen atoms in total. The molecule has 0 spiro atoms. The number of esters is 2. The minimum Gasteiger partial charge on any atom is -1.00 e. The van der Waals surface area contributed by atoms with E-state index in [0.29, 0.717) is 0 Å². The van der Waals surface area contributed by atoms with E-state index in [2.05, 4.69) is 4.74 Å². The van der Waals surface area contributed by atoms with E-state index in [1.165, 1.54) is 36.4 Å². The van der Waals surface area contributed by atoms with E-state index in [9.17, 15) is 14.4 Å². The molecule has 102 valence electrons. The average molecular weight is 294 g/mol. The number of carboxylic acids is 1. The van der Waals surface area contributed by atoms with Gasteiger partial charge in [-0.2, -0.15) is 0 Å². The molecule has 0 heterocycles. The van der Waals surface area contributed by atoms with Gasteiger partial charge in [0.2, 0.25) is 0 Å². The van der Waals surface area contributed by atoms with E-state index < -0.39 is 17.9 Å². The summed E-state index contributed by atoms with van der Waals surface area (Å²) in [7, 11) is 0. The minimum atomic E-state index is -1.26. The summed E-state index contributed by atoms with van der Waals surface area (Å²) in [5.41, 5.74) is -0.156. The van der Waals surface area contributed by atoms with Crippen molar-refractivity contribution in [3.63, 3.8) is 0 Å². The average Bonchev–Trinajstić information content (AvgIpc) is 2.48. The molecule has 0 saturated heterocycles. The molecule has 6 heteroatoms. The number of carbonyl (C=O) groups is 3. The van der Waals surface area contributed by atoms with Gasteiger partial charge in [-0.1, -0.05) is 30.3 Å². The predicted octanol–water partition coefficient (Wildman–Crippen LogP) is -0.501. The third-order valence-electron chi connectivity index (χ3n) is 2.57. The van der Waals surface area contributed by atoms with Crippen LogP contribution in [-0.4, -0.2) is 23.0 Å². The maximum Gasteiger partial charge on any atom is 1.00 e. The van der Waals surface area contributed by atoms with Crippen molar-refractivity contribution in [3.05, 3.63) is 71.3 Å². The Morgan fingerprint density at radius 3 is 1.90 bits per heavy atom. The fraction of sp³-hybridized carbons (Fsp3) is 0. The molecule has 0 bridgehead atoms. The van der Waals surface area contributed by atoms with Crippen LogP contribution in [0.5, 0.6) is 0 Å². The Kier molecular flexibility index (Phi) is 6.30. The van der Waals surface area contributed by atoms with Gasteiger partial charge in [-0.15, -0.1) is 0 Å². The van der Waals surface area contributed by atoms with Crippen LogP contribution in [0, 0.1) is 0 Å². The molecule has 21 heavy (non-hydrogen) atoms. The Morgan fingerprint density at radius 1 is 0.810 bits per heavy atom. The number of hydrogen-bond acceptors (Lipinski definition) is 4. The van der Waals surface area contributed by atoms with Crippen LogP contribution in [0.25, 0.3) is 0 Å². The number of carboxylic acid groups (broad SMARTS) is 1. The van der Waals surface area contributed by atoms with Crippen molar-refractivity contribution in [2.24, 2.45) is 0 Å². The van der Waals surface area contributed by atoms with E-state index >= 15 is 0 Å². The molecule has 0 aliphatic heterocycles. The number of carbonyl (C=O) groups excluding carboxylic acids is 2. The molecular formula is C15H11NaO5. The van der Waals surface area contributed by atoms with Crippen LogP contribution in [-0.2, 0) is 4.74 Å². The van der Waals surface area contributed by atoms with Gasteiger partial charge in [0, 0.05) is 0 Å². The van der Waals surface area contributed by atoms with Crippen molar-refractivity contribution in [1.29, 1.82) is 0 Å². The molecule has 0 aromatic heterocycles. The summed E-state index contributed by atoms with van der Waals surface area (Å²) in [6.07, 6.45) is 0. The second-order valence-electron chi connectivity index (χ2n) is 3.89. The Hall–Kier alpha value is -1.95.